The van der Waals surface area contributed by atoms with E-state index < -0.39 is 0 Å². The summed E-state index contributed by atoms with van der Waals surface area (Å²) in [5.74, 6) is 1.24. The molecule has 0 bridgehead atoms. The van der Waals surface area contributed by atoms with Crippen LogP contribution in [0.1, 0.15) is 30.3 Å². The highest BCUT2D eigenvalue weighted by Gasteiger charge is 2.24. The Hall–Kier alpha value is -1.29. The van der Waals surface area contributed by atoms with Crippen molar-refractivity contribution in [1.29, 1.82) is 0 Å². The minimum Gasteiger partial charge on any atom is -0.438 e. The van der Waals surface area contributed by atoms with Gasteiger partial charge in [-0.05, 0) is 32.5 Å². The van der Waals surface area contributed by atoms with Crippen LogP contribution in [0.5, 0.6) is 0 Å². The Balaban J connectivity index is 2.18. The summed E-state index contributed by atoms with van der Waals surface area (Å²) in [6.45, 7) is 5.36. The van der Waals surface area contributed by atoms with Crippen molar-refractivity contribution >= 4 is 12.2 Å². The molecule has 1 saturated heterocycles. The van der Waals surface area contributed by atoms with Gasteiger partial charge in [-0.1, -0.05) is 6.92 Å². The molecule has 1 aromatic heterocycles. The van der Waals surface area contributed by atoms with Crippen LogP contribution in [-0.2, 0) is 0 Å². The number of nitrogens with zero attached hydrogens (tertiary/aromatic N) is 2. The summed E-state index contributed by atoms with van der Waals surface area (Å²) in [7, 11) is 2.16. The van der Waals surface area contributed by atoms with Crippen LogP contribution in [0.3, 0.4) is 0 Å². The minimum atomic E-state index is 0.410. The van der Waals surface area contributed by atoms with Gasteiger partial charge in [-0.2, -0.15) is 0 Å². The maximum atomic E-state index is 10.7. The van der Waals surface area contributed by atoms with E-state index in [2.05, 4.69) is 23.8 Å². The van der Waals surface area contributed by atoms with Crippen molar-refractivity contribution in [3.05, 3.63) is 17.9 Å². The zero-order valence-electron chi connectivity index (χ0n) is 10.6. The van der Waals surface area contributed by atoms with Crippen LogP contribution < -0.4 is 4.90 Å². The van der Waals surface area contributed by atoms with E-state index in [1.165, 1.54) is 0 Å². The van der Waals surface area contributed by atoms with Crippen LogP contribution in [0.25, 0.3) is 0 Å². The van der Waals surface area contributed by atoms with Crippen molar-refractivity contribution in [3.63, 3.8) is 0 Å². The maximum absolute atomic E-state index is 10.7. The Kier molecular flexibility index (Phi) is 3.84. The highest BCUT2D eigenvalue weighted by molar-refractivity contribution is 5.71. The molecule has 0 N–H and O–H groups in total. The third kappa shape index (κ3) is 2.69. The minimum absolute atomic E-state index is 0.410. The molecule has 0 aromatic carbocycles. The van der Waals surface area contributed by atoms with Crippen molar-refractivity contribution in [2.45, 2.75) is 25.8 Å². The summed E-state index contributed by atoms with van der Waals surface area (Å²) in [4.78, 5) is 15.3. The molecule has 2 heterocycles. The second kappa shape index (κ2) is 5.36. The maximum Gasteiger partial charge on any atom is 0.196 e. The molecule has 1 aromatic rings. The van der Waals surface area contributed by atoms with Gasteiger partial charge in [-0.15, -0.1) is 0 Å². The quantitative estimate of drug-likeness (QED) is 0.752. The standard InChI is InChI=1S/C13H20N2O2/c1-3-11-9-14(2)7-4-8-15(11)13-6-5-12(10-16)17-13/h5-6,10-11H,3-4,7-9H2,1-2H3. The fourth-order valence-electron chi connectivity index (χ4n) is 2.44. The molecule has 2 rings (SSSR count). The molecule has 1 fully saturated rings. The molecule has 0 spiro atoms. The molecule has 0 saturated carbocycles. The second-order valence-corrected chi connectivity index (χ2v) is 4.67. The summed E-state index contributed by atoms with van der Waals surface area (Å²) in [6.07, 6.45) is 2.97. The fraction of sp³-hybridized carbons (Fsp3) is 0.615. The number of carbonyl (C=O) groups excluding carboxylic acids is 1. The summed E-state index contributed by atoms with van der Waals surface area (Å²) >= 11 is 0. The third-order valence-electron chi connectivity index (χ3n) is 3.39. The van der Waals surface area contributed by atoms with Gasteiger partial charge in [0.2, 0.25) is 0 Å². The van der Waals surface area contributed by atoms with Crippen LogP contribution in [-0.4, -0.2) is 43.9 Å². The molecule has 4 nitrogen and oxygen atoms in total. The van der Waals surface area contributed by atoms with Crippen molar-refractivity contribution in [2.75, 3.05) is 31.6 Å². The molecular formula is C13H20N2O2. The highest BCUT2D eigenvalue weighted by Crippen LogP contribution is 2.23. The van der Waals surface area contributed by atoms with Gasteiger partial charge in [0.1, 0.15) is 0 Å². The monoisotopic (exact) mass is 236 g/mol. The SMILES string of the molecule is CCC1CN(C)CCCN1c1ccc(C=O)o1. The summed E-state index contributed by atoms with van der Waals surface area (Å²) in [6, 6.07) is 4.11. The summed E-state index contributed by atoms with van der Waals surface area (Å²) < 4.78 is 5.53. The topological polar surface area (TPSA) is 36.7 Å². The third-order valence-corrected chi connectivity index (χ3v) is 3.39. The van der Waals surface area contributed by atoms with Crippen molar-refractivity contribution in [2.24, 2.45) is 0 Å². The van der Waals surface area contributed by atoms with Crippen molar-refractivity contribution in [3.8, 4) is 0 Å². The predicted molar refractivity (Wildman–Crippen MR) is 67.6 cm³/mol. The number of hydrogen-bond acceptors (Lipinski definition) is 4. The van der Waals surface area contributed by atoms with E-state index in [1.807, 2.05) is 6.07 Å². The first kappa shape index (κ1) is 12.2. The molecule has 1 atom stereocenters. The van der Waals surface area contributed by atoms with Crippen LogP contribution in [0.4, 0.5) is 5.88 Å². The Bertz CT molecular complexity index is 375. The zero-order valence-corrected chi connectivity index (χ0v) is 10.6. The fourth-order valence-corrected chi connectivity index (χ4v) is 2.44. The Morgan fingerprint density at radius 3 is 2.94 bits per heavy atom. The zero-order chi connectivity index (χ0) is 12.3. The van der Waals surface area contributed by atoms with E-state index in [0.29, 0.717) is 11.8 Å². The van der Waals surface area contributed by atoms with Crippen LogP contribution in [0.2, 0.25) is 0 Å². The van der Waals surface area contributed by atoms with E-state index in [9.17, 15) is 4.79 Å². The van der Waals surface area contributed by atoms with Gasteiger partial charge >= 0.3 is 0 Å². The van der Waals surface area contributed by atoms with E-state index in [4.69, 9.17) is 4.42 Å². The largest absolute Gasteiger partial charge is 0.438 e. The predicted octanol–water partition coefficient (Wildman–Crippen LogP) is 2.01. The Morgan fingerprint density at radius 2 is 2.29 bits per heavy atom. The van der Waals surface area contributed by atoms with Gasteiger partial charge in [-0.25, -0.2) is 0 Å². The first-order valence-corrected chi connectivity index (χ1v) is 6.24. The number of aldehydes is 1. The van der Waals surface area contributed by atoms with E-state index in [0.717, 1.165) is 44.6 Å². The molecule has 0 amide bonds. The smallest absolute Gasteiger partial charge is 0.196 e. The number of likely N-dealkylation sites (N-methyl/N-ethyl adjacent to an activating group) is 1. The van der Waals surface area contributed by atoms with Gasteiger partial charge < -0.3 is 14.2 Å². The first-order valence-electron chi connectivity index (χ1n) is 6.24. The van der Waals surface area contributed by atoms with Crippen LogP contribution >= 0.6 is 0 Å². The van der Waals surface area contributed by atoms with Gasteiger partial charge in [0.05, 0.1) is 0 Å². The molecule has 1 aliphatic rings. The number of carbonyl (C=O) groups is 1. The highest BCUT2D eigenvalue weighted by atomic mass is 16.4. The van der Waals surface area contributed by atoms with Gasteiger partial charge in [-0.3, -0.25) is 4.79 Å². The lowest BCUT2D eigenvalue weighted by atomic mass is 10.2. The molecule has 4 heteroatoms. The summed E-state index contributed by atoms with van der Waals surface area (Å²) in [5, 5.41) is 0. The molecule has 1 unspecified atom stereocenters. The molecule has 0 radical (unpaired) electrons. The number of anilines is 1. The van der Waals surface area contributed by atoms with Crippen LogP contribution in [0.15, 0.2) is 16.5 Å². The number of hydrogen-bond donors (Lipinski definition) is 0. The number of furan rings is 1. The normalized spacial score (nSPS) is 22.5. The van der Waals surface area contributed by atoms with Gasteiger partial charge in [0, 0.05) is 25.2 Å². The second-order valence-electron chi connectivity index (χ2n) is 4.67. The van der Waals surface area contributed by atoms with E-state index in [1.54, 1.807) is 6.07 Å². The number of rotatable bonds is 3. The van der Waals surface area contributed by atoms with Crippen molar-refractivity contribution < 1.29 is 9.21 Å². The van der Waals surface area contributed by atoms with Gasteiger partial charge in [0.25, 0.3) is 0 Å². The lowest BCUT2D eigenvalue weighted by Gasteiger charge is -2.29. The average Bonchev–Trinajstić information content (AvgIpc) is 2.73. The van der Waals surface area contributed by atoms with E-state index in [-0.39, 0.29) is 0 Å². The van der Waals surface area contributed by atoms with E-state index >= 15 is 0 Å². The molecule has 94 valence electrons. The Labute approximate surface area is 102 Å². The van der Waals surface area contributed by atoms with Crippen LogP contribution in [0, 0.1) is 0 Å². The summed E-state index contributed by atoms with van der Waals surface area (Å²) in [5.41, 5.74) is 0. The average molecular weight is 236 g/mol. The Morgan fingerprint density at radius 1 is 1.47 bits per heavy atom. The van der Waals surface area contributed by atoms with Crippen molar-refractivity contribution in [1.82, 2.24) is 4.90 Å². The molecule has 1 aliphatic heterocycles. The molecule has 0 aliphatic carbocycles. The van der Waals surface area contributed by atoms with Gasteiger partial charge in [0.15, 0.2) is 17.9 Å². The first-order chi connectivity index (χ1) is 8.24. The lowest BCUT2D eigenvalue weighted by molar-refractivity contribution is 0.110. The molecular weight excluding hydrogens is 216 g/mol. The molecule has 17 heavy (non-hydrogen) atoms. The lowest BCUT2D eigenvalue weighted by Crippen LogP contribution is -2.39.